The van der Waals surface area contributed by atoms with E-state index >= 15 is 0 Å². The predicted octanol–water partition coefficient (Wildman–Crippen LogP) is 3.28. The van der Waals surface area contributed by atoms with Crippen molar-refractivity contribution in [3.05, 3.63) is 59.9 Å². The molecule has 1 saturated carbocycles. The molecular formula is C21H23N3O2. The molecule has 1 heterocycles. The normalized spacial score (nSPS) is 13.1. The van der Waals surface area contributed by atoms with E-state index in [0.29, 0.717) is 30.3 Å². The van der Waals surface area contributed by atoms with E-state index in [9.17, 15) is 9.59 Å². The van der Waals surface area contributed by atoms with Gasteiger partial charge in [-0.05, 0) is 48.9 Å². The van der Waals surface area contributed by atoms with Gasteiger partial charge in [0.1, 0.15) is 5.69 Å². The third-order valence-corrected chi connectivity index (χ3v) is 4.42. The van der Waals surface area contributed by atoms with Gasteiger partial charge < -0.3 is 10.6 Å². The van der Waals surface area contributed by atoms with E-state index in [0.717, 1.165) is 16.7 Å². The zero-order chi connectivity index (χ0) is 18.5. The van der Waals surface area contributed by atoms with Gasteiger partial charge in [-0.3, -0.25) is 14.6 Å². The van der Waals surface area contributed by atoms with Crippen LogP contribution in [0, 0.1) is 5.92 Å². The van der Waals surface area contributed by atoms with Gasteiger partial charge in [-0.25, -0.2) is 0 Å². The van der Waals surface area contributed by atoms with Crippen molar-refractivity contribution in [2.45, 2.75) is 19.8 Å². The SMILES string of the molecule is C=Cc1ccc(-c2ccc(C(=O)NCC3CC3)nc2)c(C(=O)NCC)c1. The van der Waals surface area contributed by atoms with E-state index in [1.54, 1.807) is 18.3 Å². The molecule has 2 N–H and O–H groups in total. The van der Waals surface area contributed by atoms with Crippen LogP contribution in [0.25, 0.3) is 17.2 Å². The standard InChI is InChI=1S/C21H23N3O2/c1-3-14-7-9-17(18(11-14)20(25)22-4-2)16-8-10-19(23-13-16)21(26)24-12-15-5-6-15/h3,7-11,13,15H,1,4-6,12H2,2H3,(H,22,25)(H,24,26). The molecule has 0 saturated heterocycles. The van der Waals surface area contributed by atoms with Crippen LogP contribution >= 0.6 is 0 Å². The minimum Gasteiger partial charge on any atom is -0.352 e. The quantitative estimate of drug-likeness (QED) is 0.806. The second kappa shape index (κ2) is 7.95. The number of hydrogen-bond donors (Lipinski definition) is 2. The van der Waals surface area contributed by atoms with Crippen LogP contribution in [0.1, 0.15) is 46.2 Å². The second-order valence-electron chi connectivity index (χ2n) is 6.45. The lowest BCUT2D eigenvalue weighted by Crippen LogP contribution is -2.26. The minimum absolute atomic E-state index is 0.141. The monoisotopic (exact) mass is 349 g/mol. The van der Waals surface area contributed by atoms with E-state index in [1.165, 1.54) is 12.8 Å². The molecular weight excluding hydrogens is 326 g/mol. The summed E-state index contributed by atoms with van der Waals surface area (Å²) in [4.78, 5) is 28.8. The van der Waals surface area contributed by atoms with Crippen LogP contribution in [0.3, 0.4) is 0 Å². The second-order valence-corrected chi connectivity index (χ2v) is 6.45. The van der Waals surface area contributed by atoms with Crippen LogP contribution in [-0.2, 0) is 0 Å². The number of carbonyl (C=O) groups is 2. The van der Waals surface area contributed by atoms with Crippen LogP contribution < -0.4 is 10.6 Å². The van der Waals surface area contributed by atoms with Gasteiger partial charge in [-0.15, -0.1) is 0 Å². The molecule has 0 radical (unpaired) electrons. The summed E-state index contributed by atoms with van der Waals surface area (Å²) >= 11 is 0. The first-order valence-electron chi connectivity index (χ1n) is 8.91. The van der Waals surface area contributed by atoms with Crippen molar-refractivity contribution in [2.24, 2.45) is 5.92 Å². The molecule has 0 aliphatic heterocycles. The van der Waals surface area contributed by atoms with Crippen LogP contribution in [0.5, 0.6) is 0 Å². The van der Waals surface area contributed by atoms with E-state index in [4.69, 9.17) is 0 Å². The fraction of sp³-hybridized carbons (Fsp3) is 0.286. The Hall–Kier alpha value is -2.95. The lowest BCUT2D eigenvalue weighted by Gasteiger charge is -2.11. The number of carbonyl (C=O) groups excluding carboxylic acids is 2. The third kappa shape index (κ3) is 4.17. The van der Waals surface area contributed by atoms with Gasteiger partial charge >= 0.3 is 0 Å². The first-order valence-corrected chi connectivity index (χ1v) is 8.91. The fourth-order valence-corrected chi connectivity index (χ4v) is 2.72. The Balaban J connectivity index is 1.84. The number of rotatable bonds is 7. The van der Waals surface area contributed by atoms with Crippen LogP contribution in [-0.4, -0.2) is 29.9 Å². The van der Waals surface area contributed by atoms with Gasteiger partial charge in [-0.1, -0.05) is 30.9 Å². The van der Waals surface area contributed by atoms with Gasteiger partial charge in [-0.2, -0.15) is 0 Å². The fourth-order valence-electron chi connectivity index (χ4n) is 2.72. The van der Waals surface area contributed by atoms with E-state index in [2.05, 4.69) is 22.2 Å². The Labute approximate surface area is 153 Å². The molecule has 2 aromatic rings. The molecule has 2 amide bonds. The molecule has 3 rings (SSSR count). The molecule has 0 unspecified atom stereocenters. The highest BCUT2D eigenvalue weighted by Crippen LogP contribution is 2.28. The maximum absolute atomic E-state index is 12.4. The Morgan fingerprint density at radius 2 is 2.00 bits per heavy atom. The molecule has 1 aromatic carbocycles. The number of nitrogens with one attached hydrogen (secondary N) is 2. The highest BCUT2D eigenvalue weighted by atomic mass is 16.2. The molecule has 1 aromatic heterocycles. The maximum atomic E-state index is 12.4. The van der Waals surface area contributed by atoms with E-state index < -0.39 is 0 Å². The number of amides is 2. The van der Waals surface area contributed by atoms with Crippen LogP contribution in [0.4, 0.5) is 0 Å². The topological polar surface area (TPSA) is 71.1 Å². The largest absolute Gasteiger partial charge is 0.352 e. The molecule has 0 spiro atoms. The van der Waals surface area contributed by atoms with E-state index in [-0.39, 0.29) is 11.8 Å². The van der Waals surface area contributed by atoms with Gasteiger partial charge in [0.15, 0.2) is 0 Å². The van der Waals surface area contributed by atoms with Gasteiger partial charge in [0.05, 0.1) is 0 Å². The number of aromatic nitrogens is 1. The summed E-state index contributed by atoms with van der Waals surface area (Å²) < 4.78 is 0. The number of pyridine rings is 1. The Kier molecular flexibility index (Phi) is 5.46. The molecule has 5 heteroatoms. The Morgan fingerprint density at radius 3 is 2.62 bits per heavy atom. The first kappa shape index (κ1) is 17.9. The van der Waals surface area contributed by atoms with Crippen molar-refractivity contribution in [3.8, 4) is 11.1 Å². The summed E-state index contributed by atoms with van der Waals surface area (Å²) in [6, 6.07) is 9.11. The average Bonchev–Trinajstić information content (AvgIpc) is 3.50. The van der Waals surface area contributed by atoms with Crippen molar-refractivity contribution in [1.29, 1.82) is 0 Å². The molecule has 0 atom stereocenters. The lowest BCUT2D eigenvalue weighted by atomic mass is 9.97. The smallest absolute Gasteiger partial charge is 0.269 e. The molecule has 1 aliphatic rings. The first-order chi connectivity index (χ1) is 12.6. The Bertz CT molecular complexity index is 824. The third-order valence-electron chi connectivity index (χ3n) is 4.42. The van der Waals surface area contributed by atoms with Crippen LogP contribution in [0.15, 0.2) is 43.1 Å². The van der Waals surface area contributed by atoms with Crippen molar-refractivity contribution in [1.82, 2.24) is 15.6 Å². The zero-order valence-corrected chi connectivity index (χ0v) is 14.9. The zero-order valence-electron chi connectivity index (χ0n) is 14.9. The summed E-state index contributed by atoms with van der Waals surface area (Å²) in [5.41, 5.74) is 3.40. The van der Waals surface area contributed by atoms with Crippen molar-refractivity contribution in [3.63, 3.8) is 0 Å². The van der Waals surface area contributed by atoms with Gasteiger partial charge in [0, 0.05) is 30.4 Å². The van der Waals surface area contributed by atoms with Crippen LogP contribution in [0.2, 0.25) is 0 Å². The summed E-state index contributed by atoms with van der Waals surface area (Å²) in [6.45, 7) is 6.90. The van der Waals surface area contributed by atoms with Gasteiger partial charge in [0.2, 0.25) is 0 Å². The molecule has 5 nitrogen and oxygen atoms in total. The summed E-state index contributed by atoms with van der Waals surface area (Å²) in [5, 5.41) is 5.73. The highest BCUT2D eigenvalue weighted by Gasteiger charge is 2.22. The molecule has 134 valence electrons. The summed E-state index contributed by atoms with van der Waals surface area (Å²) in [6.07, 6.45) is 5.72. The average molecular weight is 349 g/mol. The number of hydrogen-bond acceptors (Lipinski definition) is 3. The summed E-state index contributed by atoms with van der Waals surface area (Å²) in [7, 11) is 0. The van der Waals surface area contributed by atoms with E-state index in [1.807, 2.05) is 31.2 Å². The molecule has 1 aliphatic carbocycles. The van der Waals surface area contributed by atoms with Crippen molar-refractivity contribution in [2.75, 3.05) is 13.1 Å². The van der Waals surface area contributed by atoms with Crippen molar-refractivity contribution >= 4 is 17.9 Å². The molecule has 1 fully saturated rings. The summed E-state index contributed by atoms with van der Waals surface area (Å²) in [5.74, 6) is 0.327. The lowest BCUT2D eigenvalue weighted by molar-refractivity contribution is 0.0942. The number of benzene rings is 1. The molecule has 26 heavy (non-hydrogen) atoms. The van der Waals surface area contributed by atoms with Crippen molar-refractivity contribution < 1.29 is 9.59 Å². The molecule has 0 bridgehead atoms. The minimum atomic E-state index is -0.158. The maximum Gasteiger partial charge on any atom is 0.269 e. The highest BCUT2D eigenvalue weighted by molar-refractivity contribution is 6.01. The Morgan fingerprint density at radius 1 is 1.19 bits per heavy atom. The van der Waals surface area contributed by atoms with Gasteiger partial charge in [0.25, 0.3) is 11.8 Å². The predicted molar refractivity (Wildman–Crippen MR) is 103 cm³/mol. The number of nitrogens with zero attached hydrogens (tertiary/aromatic N) is 1.